The maximum absolute atomic E-state index is 12.8. The number of nitrogens with zero attached hydrogens (tertiary/aromatic N) is 2. The minimum Gasteiger partial charge on any atom is -0.355 e. The van der Waals surface area contributed by atoms with E-state index in [1.807, 2.05) is 42.9 Å². The molecule has 4 rings (SSSR count). The molecule has 0 aliphatic carbocycles. The van der Waals surface area contributed by atoms with E-state index in [9.17, 15) is 18.0 Å². The van der Waals surface area contributed by atoms with Crippen molar-refractivity contribution in [2.75, 3.05) is 11.9 Å². The molecule has 1 aromatic heterocycles. The van der Waals surface area contributed by atoms with Crippen LogP contribution in [0.3, 0.4) is 0 Å². The second-order valence-electron chi connectivity index (χ2n) is 7.72. The predicted molar refractivity (Wildman–Crippen MR) is 108 cm³/mol. The van der Waals surface area contributed by atoms with Crippen LogP contribution in [0.25, 0.3) is 11.3 Å². The van der Waals surface area contributed by atoms with Gasteiger partial charge < -0.3 is 15.2 Å². The molecule has 2 aromatic carbocycles. The fourth-order valence-electron chi connectivity index (χ4n) is 3.67. The van der Waals surface area contributed by atoms with Gasteiger partial charge in [0.25, 0.3) is 0 Å². The third kappa shape index (κ3) is 3.65. The fourth-order valence-corrected chi connectivity index (χ4v) is 3.67. The summed E-state index contributed by atoms with van der Waals surface area (Å²) in [6, 6.07) is 10.5. The zero-order chi connectivity index (χ0) is 21.5. The number of carbonyl (C=O) groups excluding carboxylic acids is 1. The van der Waals surface area contributed by atoms with Gasteiger partial charge in [-0.05, 0) is 55.3 Å². The molecule has 1 aliphatic rings. The SMILES string of the molecule is Cn1cnc(-c2cc(C3(C)CCNC3=O)ccc2Nc2ccc(C(F)(F)F)cc2)c1. The van der Waals surface area contributed by atoms with Crippen LogP contribution in [0, 0.1) is 0 Å². The fraction of sp³-hybridized carbons (Fsp3) is 0.273. The molecule has 0 radical (unpaired) electrons. The number of aromatic nitrogens is 2. The molecule has 1 saturated heterocycles. The molecule has 0 bridgehead atoms. The van der Waals surface area contributed by atoms with E-state index < -0.39 is 17.2 Å². The van der Waals surface area contributed by atoms with Crippen molar-refractivity contribution >= 4 is 17.3 Å². The van der Waals surface area contributed by atoms with Gasteiger partial charge in [0.2, 0.25) is 5.91 Å². The minimum absolute atomic E-state index is 0.0158. The summed E-state index contributed by atoms with van der Waals surface area (Å²) in [5.41, 5.74) is 2.24. The molecule has 1 unspecified atom stereocenters. The lowest BCUT2D eigenvalue weighted by atomic mass is 9.80. The summed E-state index contributed by atoms with van der Waals surface area (Å²) >= 11 is 0. The van der Waals surface area contributed by atoms with Gasteiger partial charge in [0.05, 0.1) is 23.0 Å². The number of halogens is 3. The highest BCUT2D eigenvalue weighted by Crippen LogP contribution is 2.38. The van der Waals surface area contributed by atoms with E-state index in [-0.39, 0.29) is 5.91 Å². The number of nitrogens with one attached hydrogen (secondary N) is 2. The van der Waals surface area contributed by atoms with Crippen LogP contribution in [-0.2, 0) is 23.4 Å². The van der Waals surface area contributed by atoms with Crippen LogP contribution < -0.4 is 10.6 Å². The van der Waals surface area contributed by atoms with Gasteiger partial charge in [-0.1, -0.05) is 6.07 Å². The van der Waals surface area contributed by atoms with Crippen molar-refractivity contribution in [2.24, 2.45) is 7.05 Å². The number of anilines is 2. The molecular formula is C22H21F3N4O. The molecule has 3 aromatic rings. The highest BCUT2D eigenvalue weighted by molar-refractivity contribution is 5.91. The third-order valence-electron chi connectivity index (χ3n) is 5.54. The van der Waals surface area contributed by atoms with Gasteiger partial charge in [-0.3, -0.25) is 4.79 Å². The summed E-state index contributed by atoms with van der Waals surface area (Å²) in [4.78, 5) is 16.8. The number of benzene rings is 2. The summed E-state index contributed by atoms with van der Waals surface area (Å²) < 4.78 is 40.3. The van der Waals surface area contributed by atoms with Gasteiger partial charge >= 0.3 is 6.18 Å². The summed E-state index contributed by atoms with van der Waals surface area (Å²) in [6.45, 7) is 2.54. The monoisotopic (exact) mass is 414 g/mol. The van der Waals surface area contributed by atoms with E-state index >= 15 is 0 Å². The standard InChI is InChI=1S/C22H21F3N4O/c1-21(9-10-26-20(21)30)15-5-8-18(17(11-15)19-12-29(2)13-27-19)28-16-6-3-14(4-7-16)22(23,24)25/h3-8,11-13,28H,9-10H2,1-2H3,(H,26,30). The highest BCUT2D eigenvalue weighted by atomic mass is 19.4. The number of hydrogen-bond donors (Lipinski definition) is 2. The number of amides is 1. The lowest BCUT2D eigenvalue weighted by molar-refractivity contribution is -0.137. The number of aryl methyl sites for hydroxylation is 1. The second kappa shape index (κ2) is 7.19. The zero-order valence-electron chi connectivity index (χ0n) is 16.5. The smallest absolute Gasteiger partial charge is 0.355 e. The Balaban J connectivity index is 1.73. The zero-order valence-corrected chi connectivity index (χ0v) is 16.5. The van der Waals surface area contributed by atoms with Crippen LogP contribution in [0.4, 0.5) is 24.5 Å². The molecule has 0 saturated carbocycles. The average molecular weight is 414 g/mol. The lowest BCUT2D eigenvalue weighted by Gasteiger charge is -2.23. The lowest BCUT2D eigenvalue weighted by Crippen LogP contribution is -2.32. The first-order valence-corrected chi connectivity index (χ1v) is 9.52. The molecule has 156 valence electrons. The van der Waals surface area contributed by atoms with Crippen LogP contribution in [0.1, 0.15) is 24.5 Å². The molecule has 1 aliphatic heterocycles. The average Bonchev–Trinajstić information content (AvgIpc) is 3.28. The maximum Gasteiger partial charge on any atom is 0.416 e. The number of hydrogen-bond acceptors (Lipinski definition) is 3. The first kappa shape index (κ1) is 20.0. The molecule has 1 atom stereocenters. The molecule has 8 heteroatoms. The Morgan fingerprint density at radius 3 is 2.47 bits per heavy atom. The number of carbonyl (C=O) groups is 1. The van der Waals surface area contributed by atoms with Crippen molar-refractivity contribution in [3.8, 4) is 11.3 Å². The van der Waals surface area contributed by atoms with Crippen LogP contribution in [0.2, 0.25) is 0 Å². The topological polar surface area (TPSA) is 59.0 Å². The van der Waals surface area contributed by atoms with Crippen LogP contribution in [0.15, 0.2) is 55.0 Å². The Morgan fingerprint density at radius 2 is 1.90 bits per heavy atom. The van der Waals surface area contributed by atoms with Crippen molar-refractivity contribution in [1.82, 2.24) is 14.9 Å². The van der Waals surface area contributed by atoms with Gasteiger partial charge in [0, 0.05) is 36.7 Å². The molecule has 0 spiro atoms. The summed E-state index contributed by atoms with van der Waals surface area (Å²) in [5, 5.41) is 6.06. The largest absolute Gasteiger partial charge is 0.416 e. The van der Waals surface area contributed by atoms with Crippen LogP contribution >= 0.6 is 0 Å². The summed E-state index contributed by atoms with van der Waals surface area (Å²) in [5.74, 6) is -0.0158. The van der Waals surface area contributed by atoms with Crippen molar-refractivity contribution in [2.45, 2.75) is 24.9 Å². The predicted octanol–water partition coefficient (Wildman–Crippen LogP) is 4.63. The van der Waals surface area contributed by atoms with E-state index in [0.717, 1.165) is 23.3 Å². The van der Waals surface area contributed by atoms with Crippen molar-refractivity contribution in [1.29, 1.82) is 0 Å². The molecular weight excluding hydrogens is 393 g/mol. The quantitative estimate of drug-likeness (QED) is 0.655. The van der Waals surface area contributed by atoms with E-state index in [0.29, 0.717) is 30.0 Å². The Hall–Kier alpha value is -3.29. The Bertz CT molecular complexity index is 1090. The Labute approximate surface area is 171 Å². The molecule has 2 heterocycles. The molecule has 2 N–H and O–H groups in total. The van der Waals surface area contributed by atoms with E-state index in [1.165, 1.54) is 12.1 Å². The molecule has 1 amide bonds. The molecule has 1 fully saturated rings. The van der Waals surface area contributed by atoms with Gasteiger partial charge in [-0.15, -0.1) is 0 Å². The number of rotatable bonds is 4. The summed E-state index contributed by atoms with van der Waals surface area (Å²) in [6.07, 6.45) is -0.155. The Morgan fingerprint density at radius 1 is 1.17 bits per heavy atom. The van der Waals surface area contributed by atoms with Crippen LogP contribution in [-0.4, -0.2) is 22.0 Å². The number of alkyl halides is 3. The Kier molecular flexibility index (Phi) is 4.80. The van der Waals surface area contributed by atoms with Crippen molar-refractivity contribution < 1.29 is 18.0 Å². The third-order valence-corrected chi connectivity index (χ3v) is 5.54. The van der Waals surface area contributed by atoms with Crippen LogP contribution in [0.5, 0.6) is 0 Å². The van der Waals surface area contributed by atoms with Crippen molar-refractivity contribution in [3.05, 3.63) is 66.1 Å². The second-order valence-corrected chi connectivity index (χ2v) is 7.72. The first-order chi connectivity index (χ1) is 14.2. The van der Waals surface area contributed by atoms with E-state index in [2.05, 4.69) is 15.6 Å². The van der Waals surface area contributed by atoms with Crippen molar-refractivity contribution in [3.63, 3.8) is 0 Å². The number of imidazole rings is 1. The first-order valence-electron chi connectivity index (χ1n) is 9.52. The van der Waals surface area contributed by atoms with E-state index in [4.69, 9.17) is 0 Å². The normalized spacial score (nSPS) is 19.0. The van der Waals surface area contributed by atoms with Gasteiger partial charge in [0.1, 0.15) is 0 Å². The van der Waals surface area contributed by atoms with Gasteiger partial charge in [-0.2, -0.15) is 13.2 Å². The maximum atomic E-state index is 12.8. The summed E-state index contributed by atoms with van der Waals surface area (Å²) in [7, 11) is 1.86. The van der Waals surface area contributed by atoms with Gasteiger partial charge in [0.15, 0.2) is 0 Å². The van der Waals surface area contributed by atoms with E-state index in [1.54, 1.807) is 6.33 Å². The minimum atomic E-state index is -4.38. The molecule has 30 heavy (non-hydrogen) atoms. The highest BCUT2D eigenvalue weighted by Gasteiger charge is 2.39. The van der Waals surface area contributed by atoms with Gasteiger partial charge in [-0.25, -0.2) is 4.98 Å². The molecule has 5 nitrogen and oxygen atoms in total.